The molecule has 1 aromatic heterocycles. The van der Waals surface area contributed by atoms with Gasteiger partial charge in [0.25, 0.3) is 5.91 Å². The predicted octanol–water partition coefficient (Wildman–Crippen LogP) is 1.05. The lowest BCUT2D eigenvalue weighted by Gasteiger charge is -2.33. The van der Waals surface area contributed by atoms with E-state index in [1.165, 1.54) is 0 Å². The van der Waals surface area contributed by atoms with Crippen molar-refractivity contribution in [1.82, 2.24) is 15.0 Å². The lowest BCUT2D eigenvalue weighted by Crippen LogP contribution is -2.42. The number of amides is 1. The van der Waals surface area contributed by atoms with Crippen LogP contribution in [0.5, 0.6) is 0 Å². The molecule has 3 heterocycles. The van der Waals surface area contributed by atoms with E-state index in [-0.39, 0.29) is 18.1 Å². The fourth-order valence-electron chi connectivity index (χ4n) is 3.31. The van der Waals surface area contributed by atoms with Crippen LogP contribution < -0.4 is 0 Å². The average Bonchev–Trinajstić information content (AvgIpc) is 3.03. The number of hydrogen-bond acceptors (Lipinski definition) is 5. The zero-order valence-corrected chi connectivity index (χ0v) is 12.9. The summed E-state index contributed by atoms with van der Waals surface area (Å²) in [4.78, 5) is 16.0. The summed E-state index contributed by atoms with van der Waals surface area (Å²) in [7, 11) is 3.57. The van der Waals surface area contributed by atoms with Gasteiger partial charge in [-0.2, -0.15) is 0 Å². The van der Waals surface area contributed by atoms with Crippen LogP contribution in [0.3, 0.4) is 0 Å². The molecule has 0 spiro atoms. The Bertz CT molecular complexity index is 514. The van der Waals surface area contributed by atoms with Crippen molar-refractivity contribution in [3.8, 4) is 0 Å². The van der Waals surface area contributed by atoms with Crippen molar-refractivity contribution >= 4 is 5.91 Å². The molecule has 2 aliphatic heterocycles. The van der Waals surface area contributed by atoms with Crippen LogP contribution in [-0.4, -0.2) is 60.3 Å². The number of nitrogens with zero attached hydrogens (tertiary/aromatic N) is 3. The van der Waals surface area contributed by atoms with Crippen LogP contribution >= 0.6 is 0 Å². The minimum Gasteiger partial charge on any atom is -0.364 e. The first-order valence-electron chi connectivity index (χ1n) is 7.54. The van der Waals surface area contributed by atoms with Gasteiger partial charge in [-0.3, -0.25) is 9.69 Å². The maximum Gasteiger partial charge on any atom is 0.251 e. The highest BCUT2D eigenvalue weighted by Crippen LogP contribution is 2.34. The van der Waals surface area contributed by atoms with E-state index < -0.39 is 0 Å². The second-order valence-electron chi connectivity index (χ2n) is 6.34. The Hall–Kier alpha value is -1.40. The third kappa shape index (κ3) is 3.11. The normalized spacial score (nSPS) is 29.4. The number of ether oxygens (including phenoxy) is 1. The molecule has 0 N–H and O–H groups in total. The van der Waals surface area contributed by atoms with Crippen molar-refractivity contribution in [1.29, 1.82) is 0 Å². The molecule has 2 aliphatic rings. The van der Waals surface area contributed by atoms with Gasteiger partial charge in [0.15, 0.2) is 0 Å². The molecule has 3 atom stereocenters. The van der Waals surface area contributed by atoms with Crippen LogP contribution in [0.15, 0.2) is 10.6 Å². The topological polar surface area (TPSA) is 58.8 Å². The minimum absolute atomic E-state index is 0.0862. The molecule has 1 aromatic rings. The molecule has 2 fully saturated rings. The van der Waals surface area contributed by atoms with E-state index in [2.05, 4.69) is 10.1 Å². The largest absolute Gasteiger partial charge is 0.364 e. The number of aromatic nitrogens is 1. The number of carbonyl (C=O) groups excluding carboxylic acids is 1. The first kappa shape index (κ1) is 14.5. The monoisotopic (exact) mass is 293 g/mol. The summed E-state index contributed by atoms with van der Waals surface area (Å²) in [5, 5.41) is 4.04. The van der Waals surface area contributed by atoms with Crippen molar-refractivity contribution in [2.24, 2.45) is 5.92 Å². The molecule has 3 rings (SSSR count). The molecule has 21 heavy (non-hydrogen) atoms. The van der Waals surface area contributed by atoms with Crippen molar-refractivity contribution in [3.05, 3.63) is 17.5 Å². The van der Waals surface area contributed by atoms with Gasteiger partial charge in [-0.05, 0) is 32.2 Å². The molecule has 6 heteroatoms. The summed E-state index contributed by atoms with van der Waals surface area (Å²) in [5.41, 5.74) is 0.963. The number of likely N-dealkylation sites (tertiary alicyclic amines) is 1. The fraction of sp³-hybridized carbons (Fsp3) is 0.733. The lowest BCUT2D eigenvalue weighted by atomic mass is 9.91. The van der Waals surface area contributed by atoms with E-state index in [9.17, 15) is 4.79 Å². The van der Waals surface area contributed by atoms with E-state index in [4.69, 9.17) is 9.26 Å². The fourth-order valence-corrected chi connectivity index (χ4v) is 3.31. The summed E-state index contributed by atoms with van der Waals surface area (Å²) >= 11 is 0. The van der Waals surface area contributed by atoms with E-state index in [1.807, 2.05) is 13.0 Å². The maximum absolute atomic E-state index is 12.0. The number of aryl methyl sites for hydroxylation is 1. The maximum atomic E-state index is 12.0. The Morgan fingerprint density at radius 3 is 3.00 bits per heavy atom. The van der Waals surface area contributed by atoms with Crippen molar-refractivity contribution in [3.63, 3.8) is 0 Å². The number of fused-ring (bicyclic) bond motifs is 1. The molecule has 2 saturated heterocycles. The Morgan fingerprint density at radius 1 is 1.52 bits per heavy atom. The molecule has 0 radical (unpaired) electrons. The zero-order chi connectivity index (χ0) is 15.0. The van der Waals surface area contributed by atoms with E-state index >= 15 is 0 Å². The van der Waals surface area contributed by atoms with Crippen LogP contribution in [0, 0.1) is 12.8 Å². The van der Waals surface area contributed by atoms with E-state index in [0.717, 1.165) is 43.9 Å². The van der Waals surface area contributed by atoms with Crippen LogP contribution in [0.4, 0.5) is 0 Å². The van der Waals surface area contributed by atoms with E-state index in [1.54, 1.807) is 19.0 Å². The molecule has 1 amide bonds. The van der Waals surface area contributed by atoms with Gasteiger partial charge in [0.2, 0.25) is 0 Å². The van der Waals surface area contributed by atoms with Crippen LogP contribution in [-0.2, 0) is 16.1 Å². The number of rotatable bonds is 3. The molecule has 0 unspecified atom stereocenters. The number of piperidine rings is 1. The molecule has 116 valence electrons. The summed E-state index contributed by atoms with van der Waals surface area (Å²) < 4.78 is 11.1. The first-order chi connectivity index (χ1) is 10.0. The van der Waals surface area contributed by atoms with Gasteiger partial charge in [0.1, 0.15) is 11.9 Å². The Labute approximate surface area is 125 Å². The molecular formula is C15H23N3O3. The first-order valence-corrected chi connectivity index (χ1v) is 7.54. The average molecular weight is 293 g/mol. The predicted molar refractivity (Wildman–Crippen MR) is 76.6 cm³/mol. The van der Waals surface area contributed by atoms with Gasteiger partial charge in [-0.25, -0.2) is 0 Å². The second kappa shape index (κ2) is 5.77. The Balaban J connectivity index is 1.57. The second-order valence-corrected chi connectivity index (χ2v) is 6.34. The molecular weight excluding hydrogens is 270 g/mol. The van der Waals surface area contributed by atoms with Crippen molar-refractivity contribution < 1.29 is 14.1 Å². The summed E-state index contributed by atoms with van der Waals surface area (Å²) in [6.07, 6.45) is 1.85. The molecule has 6 nitrogen and oxygen atoms in total. The van der Waals surface area contributed by atoms with Crippen molar-refractivity contribution in [2.45, 2.75) is 38.5 Å². The van der Waals surface area contributed by atoms with Crippen LogP contribution in [0.2, 0.25) is 0 Å². The highest BCUT2D eigenvalue weighted by atomic mass is 16.5. The third-order valence-corrected chi connectivity index (χ3v) is 4.41. The number of carbonyl (C=O) groups is 1. The highest BCUT2D eigenvalue weighted by Gasteiger charge is 2.42. The summed E-state index contributed by atoms with van der Waals surface area (Å²) in [6.45, 7) is 4.59. The third-order valence-electron chi connectivity index (χ3n) is 4.41. The quantitative estimate of drug-likeness (QED) is 0.834. The van der Waals surface area contributed by atoms with Gasteiger partial charge < -0.3 is 14.2 Å². The Kier molecular flexibility index (Phi) is 3.99. The van der Waals surface area contributed by atoms with Crippen LogP contribution in [0.1, 0.15) is 24.3 Å². The van der Waals surface area contributed by atoms with Gasteiger partial charge in [-0.15, -0.1) is 0 Å². The van der Waals surface area contributed by atoms with Crippen molar-refractivity contribution in [2.75, 3.05) is 27.2 Å². The SMILES string of the molecule is Cc1cc(CN2CC[C@H]3C[C@H](C(=O)N(C)C)O[C@@H]3C2)no1. The minimum atomic E-state index is -0.260. The summed E-state index contributed by atoms with van der Waals surface area (Å²) in [6, 6.07) is 1.97. The van der Waals surface area contributed by atoms with Gasteiger partial charge in [0, 0.05) is 33.3 Å². The number of likely N-dealkylation sites (N-methyl/N-ethyl adjacent to an activating group) is 1. The summed E-state index contributed by atoms with van der Waals surface area (Å²) in [5.74, 6) is 1.44. The lowest BCUT2D eigenvalue weighted by molar-refractivity contribution is -0.141. The highest BCUT2D eigenvalue weighted by molar-refractivity contribution is 5.80. The Morgan fingerprint density at radius 2 is 2.33 bits per heavy atom. The molecule has 0 saturated carbocycles. The molecule has 0 bridgehead atoms. The van der Waals surface area contributed by atoms with Gasteiger partial charge in [-0.1, -0.05) is 5.16 Å². The van der Waals surface area contributed by atoms with Gasteiger partial charge >= 0.3 is 0 Å². The molecule has 0 aliphatic carbocycles. The number of hydrogen-bond donors (Lipinski definition) is 0. The molecule has 0 aromatic carbocycles. The smallest absolute Gasteiger partial charge is 0.251 e. The van der Waals surface area contributed by atoms with Crippen LogP contribution in [0.25, 0.3) is 0 Å². The van der Waals surface area contributed by atoms with E-state index in [0.29, 0.717) is 5.92 Å². The zero-order valence-electron chi connectivity index (χ0n) is 12.9. The standard InChI is InChI=1S/C15H23N3O3/c1-10-6-12(16-21-10)8-18-5-4-11-7-13(15(19)17(2)3)20-14(11)9-18/h6,11,13-14H,4-5,7-9H2,1-3H3/t11-,13+,14+/m0/s1. The van der Waals surface area contributed by atoms with Gasteiger partial charge in [0.05, 0.1) is 11.8 Å².